The van der Waals surface area contributed by atoms with Gasteiger partial charge in [-0.2, -0.15) is 0 Å². The summed E-state index contributed by atoms with van der Waals surface area (Å²) in [5.74, 6) is 0.0691. The van der Waals surface area contributed by atoms with Gasteiger partial charge in [0.25, 0.3) is 0 Å². The fourth-order valence-corrected chi connectivity index (χ4v) is 1.91. The van der Waals surface area contributed by atoms with Gasteiger partial charge in [0.15, 0.2) is 0 Å². The molecule has 0 spiro atoms. The van der Waals surface area contributed by atoms with Crippen molar-refractivity contribution in [1.29, 1.82) is 0 Å². The normalized spacial score (nSPS) is 13.0. The quantitative estimate of drug-likeness (QED) is 0.617. The van der Waals surface area contributed by atoms with Crippen molar-refractivity contribution >= 4 is 27.5 Å². The summed E-state index contributed by atoms with van der Waals surface area (Å²) in [6.07, 6.45) is 0.394. The molecular weight excluding hydrogens is 303 g/mol. The average molecular weight is 317 g/mol. The lowest BCUT2D eigenvalue weighted by atomic mass is 10.0. The summed E-state index contributed by atoms with van der Waals surface area (Å²) >= 11 is 3.13. The molecule has 3 nitrogen and oxygen atoms in total. The molecular formula is C13H14BrFO3. The van der Waals surface area contributed by atoms with Crippen molar-refractivity contribution in [3.8, 4) is 5.75 Å². The molecule has 0 radical (unpaired) electrons. The van der Waals surface area contributed by atoms with E-state index in [-0.39, 0.29) is 12.2 Å². The van der Waals surface area contributed by atoms with Gasteiger partial charge in [-0.1, -0.05) is 28.1 Å². The number of benzene rings is 1. The van der Waals surface area contributed by atoms with Crippen LogP contribution < -0.4 is 4.74 Å². The standard InChI is InChI=1S/C13H14BrFO3/c1-3-18-13(16)12(14)11(8-15)9-5-4-6-10(7-9)17-2/h4-8,12H,3H2,1-2H3/b11-8+. The van der Waals surface area contributed by atoms with E-state index in [4.69, 9.17) is 9.47 Å². The second-order valence-corrected chi connectivity index (χ2v) is 4.33. The van der Waals surface area contributed by atoms with E-state index in [9.17, 15) is 9.18 Å². The predicted molar refractivity (Wildman–Crippen MR) is 71.4 cm³/mol. The summed E-state index contributed by atoms with van der Waals surface area (Å²) in [6.45, 7) is 1.95. The molecule has 0 N–H and O–H groups in total. The largest absolute Gasteiger partial charge is 0.497 e. The number of carbonyl (C=O) groups excluding carboxylic acids is 1. The third-order valence-electron chi connectivity index (χ3n) is 2.29. The lowest BCUT2D eigenvalue weighted by molar-refractivity contribution is -0.141. The fourth-order valence-electron chi connectivity index (χ4n) is 1.41. The monoisotopic (exact) mass is 316 g/mol. The lowest BCUT2D eigenvalue weighted by Crippen LogP contribution is -2.18. The minimum atomic E-state index is -0.838. The van der Waals surface area contributed by atoms with E-state index in [1.165, 1.54) is 7.11 Å². The molecule has 0 aliphatic carbocycles. The van der Waals surface area contributed by atoms with E-state index in [2.05, 4.69) is 15.9 Å². The molecule has 0 aromatic heterocycles. The first-order valence-corrected chi connectivity index (χ1v) is 6.31. The maximum Gasteiger partial charge on any atom is 0.324 e. The van der Waals surface area contributed by atoms with Gasteiger partial charge in [0.05, 0.1) is 20.0 Å². The maximum atomic E-state index is 13.0. The van der Waals surface area contributed by atoms with Gasteiger partial charge >= 0.3 is 5.97 Å². The molecule has 98 valence electrons. The molecule has 0 amide bonds. The van der Waals surface area contributed by atoms with Crippen LogP contribution in [-0.2, 0) is 9.53 Å². The van der Waals surface area contributed by atoms with Crippen molar-refractivity contribution < 1.29 is 18.7 Å². The highest BCUT2D eigenvalue weighted by Crippen LogP contribution is 2.27. The summed E-state index contributed by atoms with van der Waals surface area (Å²) in [7, 11) is 1.52. The highest BCUT2D eigenvalue weighted by atomic mass is 79.9. The van der Waals surface area contributed by atoms with Gasteiger partial charge in [-0.15, -0.1) is 0 Å². The molecule has 1 unspecified atom stereocenters. The summed E-state index contributed by atoms with van der Waals surface area (Å²) in [5, 5.41) is 0. The summed E-state index contributed by atoms with van der Waals surface area (Å²) in [6, 6.07) is 6.82. The zero-order valence-electron chi connectivity index (χ0n) is 10.2. The summed E-state index contributed by atoms with van der Waals surface area (Å²) in [4.78, 5) is 10.7. The van der Waals surface area contributed by atoms with Crippen molar-refractivity contribution in [2.75, 3.05) is 13.7 Å². The molecule has 0 heterocycles. The number of carbonyl (C=O) groups is 1. The Morgan fingerprint density at radius 2 is 2.28 bits per heavy atom. The lowest BCUT2D eigenvalue weighted by Gasteiger charge is -2.13. The van der Waals surface area contributed by atoms with Crippen molar-refractivity contribution in [1.82, 2.24) is 0 Å². The zero-order chi connectivity index (χ0) is 13.5. The SMILES string of the molecule is CCOC(=O)C(Br)/C(=C/F)c1cccc(OC)c1. The van der Waals surface area contributed by atoms with Crippen LogP contribution in [-0.4, -0.2) is 24.5 Å². The second-order valence-electron chi connectivity index (χ2n) is 3.41. The molecule has 1 atom stereocenters. The highest BCUT2D eigenvalue weighted by Gasteiger charge is 2.22. The van der Waals surface area contributed by atoms with Gasteiger partial charge in [-0.3, -0.25) is 4.79 Å². The van der Waals surface area contributed by atoms with E-state index in [0.29, 0.717) is 17.6 Å². The molecule has 0 bridgehead atoms. The summed E-state index contributed by atoms with van der Waals surface area (Å²) in [5.41, 5.74) is 0.763. The van der Waals surface area contributed by atoms with Crippen LogP contribution in [0.4, 0.5) is 4.39 Å². The van der Waals surface area contributed by atoms with Gasteiger partial charge in [0, 0.05) is 5.57 Å². The Morgan fingerprint density at radius 3 is 2.83 bits per heavy atom. The van der Waals surface area contributed by atoms with Gasteiger partial charge in [-0.25, -0.2) is 4.39 Å². The molecule has 0 saturated carbocycles. The van der Waals surface area contributed by atoms with Crippen LogP contribution >= 0.6 is 15.9 Å². The van der Waals surface area contributed by atoms with Gasteiger partial charge in [0.1, 0.15) is 10.6 Å². The average Bonchev–Trinajstić information content (AvgIpc) is 2.40. The predicted octanol–water partition coefficient (Wildman–Crippen LogP) is 3.33. The molecule has 1 aromatic carbocycles. The smallest absolute Gasteiger partial charge is 0.324 e. The first kappa shape index (κ1) is 14.7. The molecule has 1 aromatic rings. The van der Waals surface area contributed by atoms with Crippen LogP contribution in [0.5, 0.6) is 5.75 Å². The highest BCUT2D eigenvalue weighted by molar-refractivity contribution is 9.10. The number of esters is 1. The molecule has 5 heteroatoms. The van der Waals surface area contributed by atoms with Crippen molar-refractivity contribution in [3.63, 3.8) is 0 Å². The Labute approximate surface area is 114 Å². The van der Waals surface area contributed by atoms with E-state index < -0.39 is 10.8 Å². The minimum Gasteiger partial charge on any atom is -0.497 e. The number of alkyl halides is 1. The van der Waals surface area contributed by atoms with Gasteiger partial charge < -0.3 is 9.47 Å². The minimum absolute atomic E-state index is 0.201. The maximum absolute atomic E-state index is 13.0. The van der Waals surface area contributed by atoms with E-state index in [0.717, 1.165) is 0 Å². The van der Waals surface area contributed by atoms with Crippen LogP contribution in [0.1, 0.15) is 12.5 Å². The zero-order valence-corrected chi connectivity index (χ0v) is 11.7. The molecule has 0 aliphatic heterocycles. The van der Waals surface area contributed by atoms with E-state index in [1.54, 1.807) is 31.2 Å². The summed E-state index contributed by atoms with van der Waals surface area (Å²) < 4.78 is 22.9. The second kappa shape index (κ2) is 7.16. The number of ether oxygens (including phenoxy) is 2. The molecule has 0 saturated heterocycles. The Bertz CT molecular complexity index is 446. The van der Waals surface area contributed by atoms with Crippen LogP contribution in [0.15, 0.2) is 30.6 Å². The Balaban J connectivity index is 2.99. The molecule has 18 heavy (non-hydrogen) atoms. The number of rotatable bonds is 5. The Kier molecular flexibility index (Phi) is 5.85. The molecule has 1 rings (SSSR count). The van der Waals surface area contributed by atoms with Crippen LogP contribution in [0.25, 0.3) is 5.57 Å². The first-order valence-electron chi connectivity index (χ1n) is 5.39. The van der Waals surface area contributed by atoms with Crippen LogP contribution in [0, 0.1) is 0 Å². The topological polar surface area (TPSA) is 35.5 Å². The van der Waals surface area contributed by atoms with E-state index >= 15 is 0 Å². The Morgan fingerprint density at radius 1 is 1.56 bits per heavy atom. The first-order chi connectivity index (χ1) is 8.63. The number of hydrogen-bond acceptors (Lipinski definition) is 3. The van der Waals surface area contributed by atoms with Crippen molar-refractivity contribution in [2.24, 2.45) is 0 Å². The van der Waals surface area contributed by atoms with Crippen molar-refractivity contribution in [3.05, 3.63) is 36.2 Å². The van der Waals surface area contributed by atoms with Gasteiger partial charge in [0.2, 0.25) is 0 Å². The number of hydrogen-bond donors (Lipinski definition) is 0. The van der Waals surface area contributed by atoms with Gasteiger partial charge in [-0.05, 0) is 24.6 Å². The van der Waals surface area contributed by atoms with Crippen LogP contribution in [0.2, 0.25) is 0 Å². The Hall–Kier alpha value is -1.36. The van der Waals surface area contributed by atoms with E-state index in [1.807, 2.05) is 0 Å². The number of halogens is 2. The fraction of sp³-hybridized carbons (Fsp3) is 0.308. The molecule has 0 fully saturated rings. The molecule has 0 aliphatic rings. The third kappa shape index (κ3) is 3.57. The number of methoxy groups -OCH3 is 1. The third-order valence-corrected chi connectivity index (χ3v) is 3.15. The van der Waals surface area contributed by atoms with Crippen molar-refractivity contribution in [2.45, 2.75) is 11.8 Å². The van der Waals surface area contributed by atoms with Crippen LogP contribution in [0.3, 0.4) is 0 Å².